The molecule has 2 heterocycles. The number of nitrogens with zero attached hydrogens (tertiary/aromatic N) is 3. The zero-order chi connectivity index (χ0) is 13.9. The van der Waals surface area contributed by atoms with E-state index in [1.807, 2.05) is 29.2 Å². The van der Waals surface area contributed by atoms with Crippen molar-refractivity contribution in [2.24, 2.45) is 0 Å². The van der Waals surface area contributed by atoms with Crippen molar-refractivity contribution in [1.82, 2.24) is 9.80 Å². The van der Waals surface area contributed by atoms with Crippen molar-refractivity contribution in [3.63, 3.8) is 0 Å². The summed E-state index contributed by atoms with van der Waals surface area (Å²) in [5.74, 6) is 0.800. The number of carbonyl (C=O) groups excluding carboxylic acids is 1. The molecule has 0 N–H and O–H groups in total. The Morgan fingerprint density at radius 3 is 2.80 bits per heavy atom. The fourth-order valence-corrected chi connectivity index (χ4v) is 2.81. The van der Waals surface area contributed by atoms with Gasteiger partial charge in [0, 0.05) is 31.7 Å². The Balaban J connectivity index is 1.65. The molecular formula is C15H17N3O2. The highest BCUT2D eigenvalue weighted by Gasteiger charge is 2.34. The molecule has 0 saturated carbocycles. The molecule has 104 valence electrons. The summed E-state index contributed by atoms with van der Waals surface area (Å²) >= 11 is 0. The molecule has 1 amide bonds. The first-order chi connectivity index (χ1) is 9.79. The van der Waals surface area contributed by atoms with Gasteiger partial charge in [-0.15, -0.1) is 0 Å². The van der Waals surface area contributed by atoms with E-state index in [1.165, 1.54) is 0 Å². The normalized spacial score (nSPS) is 21.9. The monoisotopic (exact) mass is 271 g/mol. The maximum Gasteiger partial charge on any atom is 0.233 e. The van der Waals surface area contributed by atoms with Gasteiger partial charge in [0.05, 0.1) is 12.6 Å². The summed E-state index contributed by atoms with van der Waals surface area (Å²) in [5.41, 5.74) is 0.997. The molecule has 3 rings (SSSR count). The van der Waals surface area contributed by atoms with Gasteiger partial charge in [-0.1, -0.05) is 18.2 Å². The molecule has 0 aliphatic carbocycles. The van der Waals surface area contributed by atoms with E-state index < -0.39 is 0 Å². The summed E-state index contributed by atoms with van der Waals surface area (Å²) in [6, 6.07) is 9.90. The highest BCUT2D eigenvalue weighted by Crippen LogP contribution is 2.34. The van der Waals surface area contributed by atoms with Gasteiger partial charge in [-0.25, -0.2) is 0 Å². The van der Waals surface area contributed by atoms with Crippen LogP contribution >= 0.6 is 0 Å². The average molecular weight is 271 g/mol. The number of amides is 1. The fourth-order valence-electron chi connectivity index (χ4n) is 2.81. The number of hydrogen-bond donors (Lipinski definition) is 0. The van der Waals surface area contributed by atoms with E-state index >= 15 is 0 Å². The molecular weight excluding hydrogens is 254 g/mol. The first kappa shape index (κ1) is 12.9. The van der Waals surface area contributed by atoms with E-state index in [4.69, 9.17) is 10.00 Å². The third-order valence-electron chi connectivity index (χ3n) is 3.98. The predicted octanol–water partition coefficient (Wildman–Crippen LogP) is 0.830. The minimum Gasteiger partial charge on any atom is -0.492 e. The van der Waals surface area contributed by atoms with Gasteiger partial charge in [-0.2, -0.15) is 5.26 Å². The predicted molar refractivity (Wildman–Crippen MR) is 73.3 cm³/mol. The molecule has 5 nitrogen and oxygen atoms in total. The van der Waals surface area contributed by atoms with Crippen molar-refractivity contribution in [2.75, 3.05) is 39.3 Å². The zero-order valence-corrected chi connectivity index (χ0v) is 11.3. The topological polar surface area (TPSA) is 56.6 Å². The lowest BCUT2D eigenvalue weighted by molar-refractivity contribution is -0.134. The third kappa shape index (κ3) is 2.35. The second kappa shape index (κ2) is 5.51. The smallest absolute Gasteiger partial charge is 0.233 e. The molecule has 2 aliphatic rings. The number of carbonyl (C=O) groups is 1. The van der Waals surface area contributed by atoms with Crippen LogP contribution in [-0.2, 0) is 4.79 Å². The van der Waals surface area contributed by atoms with Crippen LogP contribution in [0.15, 0.2) is 24.3 Å². The Bertz CT molecular complexity index is 544. The molecule has 20 heavy (non-hydrogen) atoms. The molecule has 5 heteroatoms. The van der Waals surface area contributed by atoms with E-state index in [2.05, 4.69) is 11.0 Å². The van der Waals surface area contributed by atoms with Crippen LogP contribution < -0.4 is 4.74 Å². The van der Waals surface area contributed by atoms with Crippen LogP contribution in [0.2, 0.25) is 0 Å². The largest absolute Gasteiger partial charge is 0.492 e. The number of rotatable bonds is 2. The summed E-state index contributed by atoms with van der Waals surface area (Å²) in [6.45, 7) is 3.81. The van der Waals surface area contributed by atoms with Gasteiger partial charge in [-0.3, -0.25) is 9.69 Å². The molecule has 0 spiro atoms. The quantitative estimate of drug-likeness (QED) is 0.748. The van der Waals surface area contributed by atoms with E-state index in [-0.39, 0.29) is 11.8 Å². The van der Waals surface area contributed by atoms with E-state index in [9.17, 15) is 4.79 Å². The summed E-state index contributed by atoms with van der Waals surface area (Å²) in [7, 11) is 0. The van der Waals surface area contributed by atoms with Crippen molar-refractivity contribution >= 4 is 5.91 Å². The number of hydrogen-bond acceptors (Lipinski definition) is 4. The van der Waals surface area contributed by atoms with Gasteiger partial charge < -0.3 is 9.64 Å². The Hall–Kier alpha value is -2.06. The van der Waals surface area contributed by atoms with Crippen molar-refractivity contribution in [1.29, 1.82) is 5.26 Å². The highest BCUT2D eigenvalue weighted by atomic mass is 16.5. The molecule has 1 aromatic rings. The van der Waals surface area contributed by atoms with Gasteiger partial charge in [0.25, 0.3) is 0 Å². The molecule has 1 fully saturated rings. The molecule has 0 aromatic heterocycles. The molecule has 0 radical (unpaired) electrons. The fraction of sp³-hybridized carbons (Fsp3) is 0.467. The third-order valence-corrected chi connectivity index (χ3v) is 3.98. The van der Waals surface area contributed by atoms with Gasteiger partial charge in [0.15, 0.2) is 0 Å². The second-order valence-corrected chi connectivity index (χ2v) is 5.16. The van der Waals surface area contributed by atoms with E-state index in [0.29, 0.717) is 26.2 Å². The van der Waals surface area contributed by atoms with Crippen LogP contribution in [0.25, 0.3) is 0 Å². The van der Waals surface area contributed by atoms with Gasteiger partial charge in [0.2, 0.25) is 5.91 Å². The molecule has 1 unspecified atom stereocenters. The van der Waals surface area contributed by atoms with Crippen molar-refractivity contribution in [3.8, 4) is 11.8 Å². The first-order valence-electron chi connectivity index (χ1n) is 6.89. The van der Waals surface area contributed by atoms with Crippen molar-refractivity contribution < 1.29 is 9.53 Å². The first-order valence-corrected chi connectivity index (χ1v) is 6.89. The van der Waals surface area contributed by atoms with E-state index in [0.717, 1.165) is 24.4 Å². The lowest BCUT2D eigenvalue weighted by Crippen LogP contribution is -2.50. The van der Waals surface area contributed by atoms with Gasteiger partial charge in [0.1, 0.15) is 18.3 Å². The van der Waals surface area contributed by atoms with Gasteiger partial charge >= 0.3 is 0 Å². The molecule has 1 aromatic carbocycles. The Kier molecular flexibility index (Phi) is 3.57. The summed E-state index contributed by atoms with van der Waals surface area (Å²) in [4.78, 5) is 16.6. The highest BCUT2D eigenvalue weighted by molar-refractivity contribution is 5.85. The number of ether oxygens (including phenoxy) is 1. The van der Waals surface area contributed by atoms with Crippen LogP contribution in [0, 0.1) is 11.3 Å². The van der Waals surface area contributed by atoms with Crippen LogP contribution in [0.4, 0.5) is 0 Å². The zero-order valence-electron chi connectivity index (χ0n) is 11.3. The lowest BCUT2D eigenvalue weighted by Gasteiger charge is -2.34. The Labute approximate surface area is 118 Å². The van der Waals surface area contributed by atoms with Crippen LogP contribution in [0.1, 0.15) is 11.5 Å². The Morgan fingerprint density at radius 1 is 1.30 bits per heavy atom. The number of fused-ring (bicyclic) bond motifs is 1. The lowest BCUT2D eigenvalue weighted by atomic mass is 9.99. The minimum absolute atomic E-state index is 0.145. The molecule has 1 atom stereocenters. The minimum atomic E-state index is -0.172. The van der Waals surface area contributed by atoms with Crippen LogP contribution in [0.3, 0.4) is 0 Å². The number of nitriles is 1. The summed E-state index contributed by atoms with van der Waals surface area (Å²) in [6.07, 6.45) is 0. The maximum atomic E-state index is 12.6. The van der Waals surface area contributed by atoms with E-state index in [1.54, 1.807) is 0 Å². The standard InChI is InChI=1S/C15H17N3O2/c16-5-6-17-7-9-18(10-8-17)15(19)13-11-20-14-4-2-1-3-12(13)14/h1-4,13H,6-11H2. The second-order valence-electron chi connectivity index (χ2n) is 5.16. The number of benzene rings is 1. The van der Waals surface area contributed by atoms with Crippen molar-refractivity contribution in [2.45, 2.75) is 5.92 Å². The molecule has 2 aliphatic heterocycles. The van der Waals surface area contributed by atoms with Gasteiger partial charge in [-0.05, 0) is 6.07 Å². The maximum absolute atomic E-state index is 12.6. The average Bonchev–Trinajstić information content (AvgIpc) is 2.92. The van der Waals surface area contributed by atoms with Crippen LogP contribution in [-0.4, -0.2) is 55.0 Å². The molecule has 0 bridgehead atoms. The molecule has 1 saturated heterocycles. The number of para-hydroxylation sites is 1. The van der Waals surface area contributed by atoms with Crippen LogP contribution in [0.5, 0.6) is 5.75 Å². The Morgan fingerprint density at radius 2 is 2.05 bits per heavy atom. The summed E-state index contributed by atoms with van der Waals surface area (Å²) < 4.78 is 5.58. The summed E-state index contributed by atoms with van der Waals surface area (Å²) in [5, 5.41) is 8.69. The number of piperazine rings is 1. The SMILES string of the molecule is N#CCN1CCN(C(=O)C2COc3ccccc32)CC1. The van der Waals surface area contributed by atoms with Crippen molar-refractivity contribution in [3.05, 3.63) is 29.8 Å².